The third-order valence-electron chi connectivity index (χ3n) is 3.01. The average molecular weight is 283 g/mol. The molecular weight excluding hydrogens is 260 g/mol. The molecule has 0 aromatic heterocycles. The van der Waals surface area contributed by atoms with Crippen LogP contribution in [-0.4, -0.2) is 4.83 Å². The molecule has 0 spiro atoms. The zero-order valence-corrected chi connectivity index (χ0v) is 12.5. The van der Waals surface area contributed by atoms with E-state index in [2.05, 4.69) is 67.9 Å². The van der Waals surface area contributed by atoms with E-state index in [4.69, 9.17) is 0 Å². The van der Waals surface area contributed by atoms with Gasteiger partial charge in [0.1, 0.15) is 0 Å². The minimum absolute atomic E-state index is 0.264. The lowest BCUT2D eigenvalue weighted by Gasteiger charge is -2.19. The van der Waals surface area contributed by atoms with E-state index in [1.165, 1.54) is 30.4 Å². The van der Waals surface area contributed by atoms with E-state index in [0.29, 0.717) is 4.83 Å². The van der Waals surface area contributed by atoms with Crippen LogP contribution in [0.5, 0.6) is 0 Å². The molecular formula is C15H23Br. The highest BCUT2D eigenvalue weighted by Gasteiger charge is 2.12. The molecule has 1 atom stereocenters. The summed E-state index contributed by atoms with van der Waals surface area (Å²) in [4.78, 5) is 0.662. The Hall–Kier alpha value is -0.300. The van der Waals surface area contributed by atoms with Gasteiger partial charge in [-0.15, -0.1) is 0 Å². The Labute approximate surface area is 109 Å². The van der Waals surface area contributed by atoms with Gasteiger partial charge in [0.15, 0.2) is 0 Å². The molecule has 0 heterocycles. The molecule has 0 radical (unpaired) electrons. The molecule has 0 N–H and O–H groups in total. The van der Waals surface area contributed by atoms with Crippen molar-refractivity contribution in [3.05, 3.63) is 35.4 Å². The van der Waals surface area contributed by atoms with Crippen LogP contribution in [0, 0.1) is 0 Å². The van der Waals surface area contributed by atoms with Crippen molar-refractivity contribution in [2.24, 2.45) is 0 Å². The Morgan fingerprint density at radius 1 is 1.12 bits per heavy atom. The van der Waals surface area contributed by atoms with Crippen LogP contribution < -0.4 is 0 Å². The first kappa shape index (κ1) is 13.8. The van der Waals surface area contributed by atoms with Gasteiger partial charge in [0.2, 0.25) is 0 Å². The van der Waals surface area contributed by atoms with Crippen LogP contribution in [0.3, 0.4) is 0 Å². The van der Waals surface area contributed by atoms with Gasteiger partial charge in [-0.3, -0.25) is 0 Å². The first-order valence-corrected chi connectivity index (χ1v) is 7.08. The third kappa shape index (κ3) is 4.29. The van der Waals surface area contributed by atoms with Crippen LogP contribution in [0.2, 0.25) is 0 Å². The lowest BCUT2D eigenvalue weighted by molar-refractivity contribution is 0.590. The monoisotopic (exact) mass is 282 g/mol. The molecule has 0 nitrogen and oxygen atoms in total. The highest BCUT2D eigenvalue weighted by atomic mass is 79.9. The fraction of sp³-hybridized carbons (Fsp3) is 0.600. The number of halogens is 1. The van der Waals surface area contributed by atoms with E-state index < -0.39 is 0 Å². The molecule has 0 aliphatic carbocycles. The maximum atomic E-state index is 3.68. The van der Waals surface area contributed by atoms with Gasteiger partial charge in [0, 0.05) is 4.83 Å². The Kier molecular flexibility index (Phi) is 5.04. The molecule has 1 heteroatoms. The van der Waals surface area contributed by atoms with Crippen LogP contribution in [0.1, 0.15) is 51.7 Å². The summed E-state index contributed by atoms with van der Waals surface area (Å²) >= 11 is 3.68. The fourth-order valence-corrected chi connectivity index (χ4v) is 1.93. The normalized spacial score (nSPS) is 13.8. The second-order valence-electron chi connectivity index (χ2n) is 5.49. The number of hydrogen-bond acceptors (Lipinski definition) is 0. The lowest BCUT2D eigenvalue weighted by Crippen LogP contribution is -2.10. The Morgan fingerprint density at radius 3 is 2.12 bits per heavy atom. The Balaban J connectivity index is 2.58. The van der Waals surface area contributed by atoms with Crippen LogP contribution in [0.15, 0.2) is 24.3 Å². The first-order valence-electron chi connectivity index (χ1n) is 6.17. The summed E-state index contributed by atoms with van der Waals surface area (Å²) in [7, 11) is 0. The molecule has 90 valence electrons. The van der Waals surface area contributed by atoms with Gasteiger partial charge in [-0.2, -0.15) is 0 Å². The smallest absolute Gasteiger partial charge is 0.0146 e. The molecule has 0 saturated carbocycles. The van der Waals surface area contributed by atoms with Crippen molar-refractivity contribution in [2.75, 3.05) is 0 Å². The van der Waals surface area contributed by atoms with Gasteiger partial charge in [0.05, 0.1) is 0 Å². The zero-order chi connectivity index (χ0) is 12.2. The molecule has 1 aromatic carbocycles. The summed E-state index contributed by atoms with van der Waals surface area (Å²) in [6.45, 7) is 9.00. The molecule has 0 saturated heterocycles. The zero-order valence-electron chi connectivity index (χ0n) is 10.9. The number of aryl methyl sites for hydroxylation is 1. The van der Waals surface area contributed by atoms with Gasteiger partial charge in [0.25, 0.3) is 0 Å². The van der Waals surface area contributed by atoms with Crippen LogP contribution in [-0.2, 0) is 11.8 Å². The predicted octanol–water partition coefficient (Wildman–Crippen LogP) is 5.09. The van der Waals surface area contributed by atoms with Crippen molar-refractivity contribution in [1.82, 2.24) is 0 Å². The van der Waals surface area contributed by atoms with Crippen molar-refractivity contribution < 1.29 is 0 Å². The lowest BCUT2D eigenvalue weighted by atomic mass is 9.86. The summed E-state index contributed by atoms with van der Waals surface area (Å²) in [6.07, 6.45) is 3.61. The molecule has 0 bridgehead atoms. The highest BCUT2D eigenvalue weighted by Crippen LogP contribution is 2.23. The molecule has 1 unspecified atom stereocenters. The van der Waals surface area contributed by atoms with E-state index >= 15 is 0 Å². The summed E-state index contributed by atoms with van der Waals surface area (Å²) in [5, 5.41) is 0. The fourth-order valence-electron chi connectivity index (χ4n) is 1.70. The van der Waals surface area contributed by atoms with E-state index in [1.807, 2.05) is 0 Å². The topological polar surface area (TPSA) is 0 Å². The molecule has 0 amide bonds. The Morgan fingerprint density at radius 2 is 1.69 bits per heavy atom. The summed E-state index contributed by atoms with van der Waals surface area (Å²) in [5.74, 6) is 0. The van der Waals surface area contributed by atoms with Crippen molar-refractivity contribution in [3.63, 3.8) is 0 Å². The van der Waals surface area contributed by atoms with Crippen molar-refractivity contribution in [2.45, 2.75) is 57.2 Å². The molecule has 16 heavy (non-hydrogen) atoms. The third-order valence-corrected chi connectivity index (χ3v) is 4.11. The van der Waals surface area contributed by atoms with Gasteiger partial charge < -0.3 is 0 Å². The van der Waals surface area contributed by atoms with Crippen LogP contribution in [0.25, 0.3) is 0 Å². The SMILES string of the molecule is CCC(Br)CCc1ccc(C(C)(C)C)cc1. The first-order chi connectivity index (χ1) is 7.43. The summed E-state index contributed by atoms with van der Waals surface area (Å²) < 4.78 is 0. The minimum atomic E-state index is 0.264. The quantitative estimate of drug-likeness (QED) is 0.675. The molecule has 0 aliphatic rings. The van der Waals surface area contributed by atoms with Crippen molar-refractivity contribution in [3.8, 4) is 0 Å². The van der Waals surface area contributed by atoms with Crippen LogP contribution >= 0.6 is 15.9 Å². The highest BCUT2D eigenvalue weighted by molar-refractivity contribution is 9.09. The number of benzene rings is 1. The summed E-state index contributed by atoms with van der Waals surface area (Å²) in [6, 6.07) is 9.08. The number of alkyl halides is 1. The van der Waals surface area contributed by atoms with Crippen molar-refractivity contribution in [1.29, 1.82) is 0 Å². The molecule has 0 aliphatic heterocycles. The van der Waals surface area contributed by atoms with E-state index in [0.717, 1.165) is 0 Å². The van der Waals surface area contributed by atoms with E-state index in [9.17, 15) is 0 Å². The van der Waals surface area contributed by atoms with Gasteiger partial charge in [-0.05, 0) is 35.8 Å². The average Bonchev–Trinajstić information content (AvgIpc) is 2.25. The Bertz CT molecular complexity index is 305. The molecule has 1 aromatic rings. The second-order valence-corrected chi connectivity index (χ2v) is 6.79. The van der Waals surface area contributed by atoms with Gasteiger partial charge >= 0.3 is 0 Å². The van der Waals surface area contributed by atoms with E-state index in [1.54, 1.807) is 0 Å². The second kappa shape index (κ2) is 5.86. The number of rotatable bonds is 4. The molecule has 0 fully saturated rings. The minimum Gasteiger partial charge on any atom is -0.0891 e. The largest absolute Gasteiger partial charge is 0.0891 e. The standard InChI is InChI=1S/C15H23Br/c1-5-14(16)11-8-12-6-9-13(10-7-12)15(2,3)4/h6-7,9-10,14H,5,8,11H2,1-4H3. The van der Waals surface area contributed by atoms with Crippen molar-refractivity contribution >= 4 is 15.9 Å². The predicted molar refractivity (Wildman–Crippen MR) is 76.5 cm³/mol. The van der Waals surface area contributed by atoms with Gasteiger partial charge in [-0.25, -0.2) is 0 Å². The summed E-state index contributed by atoms with van der Waals surface area (Å²) in [5.41, 5.74) is 3.13. The number of hydrogen-bond donors (Lipinski definition) is 0. The van der Waals surface area contributed by atoms with Crippen LogP contribution in [0.4, 0.5) is 0 Å². The molecule has 1 rings (SSSR count). The maximum absolute atomic E-state index is 3.68. The van der Waals surface area contributed by atoms with Gasteiger partial charge in [-0.1, -0.05) is 67.9 Å². The maximum Gasteiger partial charge on any atom is 0.0146 e. The van der Waals surface area contributed by atoms with E-state index in [-0.39, 0.29) is 5.41 Å².